The van der Waals surface area contributed by atoms with Crippen molar-refractivity contribution in [2.45, 2.75) is 12.5 Å². The predicted molar refractivity (Wildman–Crippen MR) is 90.9 cm³/mol. The average Bonchev–Trinajstić information content (AvgIpc) is 3.09. The van der Waals surface area contributed by atoms with Gasteiger partial charge in [0.25, 0.3) is 0 Å². The van der Waals surface area contributed by atoms with Gasteiger partial charge in [-0.3, -0.25) is 4.79 Å². The van der Waals surface area contributed by atoms with Crippen LogP contribution in [0.5, 0.6) is 0 Å². The van der Waals surface area contributed by atoms with Crippen LogP contribution in [-0.4, -0.2) is 5.91 Å². The standard InChI is InChI=1S/C19H17NOS/c1-15(21)20-19(18-12-13-22-14-18,16-8-4-2-5-9-16)17-10-6-3-7-11-17/h2-14H,1H3,(H,20,21). The summed E-state index contributed by atoms with van der Waals surface area (Å²) in [7, 11) is 0. The van der Waals surface area contributed by atoms with E-state index in [0.29, 0.717) is 0 Å². The first-order valence-corrected chi connectivity index (χ1v) is 8.10. The van der Waals surface area contributed by atoms with E-state index in [9.17, 15) is 4.79 Å². The highest BCUT2D eigenvalue weighted by Gasteiger charge is 2.37. The van der Waals surface area contributed by atoms with E-state index in [4.69, 9.17) is 0 Å². The van der Waals surface area contributed by atoms with Gasteiger partial charge in [0.1, 0.15) is 5.54 Å². The monoisotopic (exact) mass is 307 g/mol. The van der Waals surface area contributed by atoms with Crippen molar-refractivity contribution in [3.8, 4) is 0 Å². The molecule has 3 heteroatoms. The van der Waals surface area contributed by atoms with Crippen molar-refractivity contribution >= 4 is 17.2 Å². The minimum atomic E-state index is -0.658. The molecule has 3 aromatic rings. The van der Waals surface area contributed by atoms with E-state index in [1.54, 1.807) is 18.3 Å². The van der Waals surface area contributed by atoms with Gasteiger partial charge in [-0.2, -0.15) is 11.3 Å². The van der Waals surface area contributed by atoms with E-state index in [-0.39, 0.29) is 5.91 Å². The SMILES string of the molecule is CC(=O)NC(c1ccccc1)(c1ccccc1)c1ccsc1. The summed E-state index contributed by atoms with van der Waals surface area (Å²) in [5.74, 6) is -0.0566. The van der Waals surface area contributed by atoms with Crippen LogP contribution < -0.4 is 5.32 Å². The lowest BCUT2D eigenvalue weighted by atomic mass is 9.78. The normalized spacial score (nSPS) is 11.1. The highest BCUT2D eigenvalue weighted by molar-refractivity contribution is 7.08. The number of amides is 1. The molecule has 110 valence electrons. The third kappa shape index (κ3) is 2.55. The second-order valence-corrected chi connectivity index (χ2v) is 5.96. The van der Waals surface area contributed by atoms with Gasteiger partial charge in [-0.15, -0.1) is 0 Å². The van der Waals surface area contributed by atoms with E-state index in [1.807, 2.05) is 41.8 Å². The Morgan fingerprint density at radius 2 is 1.41 bits per heavy atom. The van der Waals surface area contributed by atoms with Crippen molar-refractivity contribution in [3.63, 3.8) is 0 Å². The number of carbonyl (C=O) groups excluding carboxylic acids is 1. The van der Waals surface area contributed by atoms with Gasteiger partial charge in [0.15, 0.2) is 0 Å². The lowest BCUT2D eigenvalue weighted by Crippen LogP contribution is -2.46. The van der Waals surface area contributed by atoms with E-state index < -0.39 is 5.54 Å². The Kier molecular flexibility index (Phi) is 4.07. The zero-order valence-electron chi connectivity index (χ0n) is 12.3. The molecular weight excluding hydrogens is 290 g/mol. The highest BCUT2D eigenvalue weighted by atomic mass is 32.1. The Morgan fingerprint density at radius 1 is 0.864 bits per heavy atom. The van der Waals surface area contributed by atoms with Crippen molar-refractivity contribution in [1.82, 2.24) is 5.32 Å². The Morgan fingerprint density at radius 3 is 1.82 bits per heavy atom. The summed E-state index contributed by atoms with van der Waals surface area (Å²) in [6.45, 7) is 1.56. The number of hydrogen-bond acceptors (Lipinski definition) is 2. The Hall–Kier alpha value is -2.39. The molecule has 0 aliphatic heterocycles. The van der Waals surface area contributed by atoms with Crippen LogP contribution in [0.3, 0.4) is 0 Å². The van der Waals surface area contributed by atoms with Gasteiger partial charge < -0.3 is 5.32 Å². The summed E-state index contributed by atoms with van der Waals surface area (Å²) in [6, 6.07) is 22.3. The Bertz CT molecular complexity index is 696. The number of carbonyl (C=O) groups is 1. The van der Waals surface area contributed by atoms with Crippen LogP contribution in [0.15, 0.2) is 77.5 Å². The van der Waals surface area contributed by atoms with E-state index >= 15 is 0 Å². The molecule has 0 atom stereocenters. The molecule has 22 heavy (non-hydrogen) atoms. The second kappa shape index (κ2) is 6.16. The van der Waals surface area contributed by atoms with Crippen LogP contribution in [0.25, 0.3) is 0 Å². The fourth-order valence-electron chi connectivity index (χ4n) is 2.83. The minimum absolute atomic E-state index is 0.0566. The van der Waals surface area contributed by atoms with Gasteiger partial charge in [0.05, 0.1) is 0 Å². The van der Waals surface area contributed by atoms with Gasteiger partial charge in [0.2, 0.25) is 5.91 Å². The predicted octanol–water partition coefficient (Wildman–Crippen LogP) is 4.18. The van der Waals surface area contributed by atoms with Crippen LogP contribution in [0.2, 0.25) is 0 Å². The van der Waals surface area contributed by atoms with Crippen molar-refractivity contribution in [3.05, 3.63) is 94.2 Å². The molecular formula is C19H17NOS. The summed E-state index contributed by atoms with van der Waals surface area (Å²) < 4.78 is 0. The molecule has 3 rings (SSSR count). The van der Waals surface area contributed by atoms with Crippen molar-refractivity contribution in [1.29, 1.82) is 0 Å². The van der Waals surface area contributed by atoms with E-state index in [0.717, 1.165) is 16.7 Å². The van der Waals surface area contributed by atoms with Crippen LogP contribution in [0.4, 0.5) is 0 Å². The average molecular weight is 307 g/mol. The van der Waals surface area contributed by atoms with Crippen molar-refractivity contribution in [2.24, 2.45) is 0 Å². The van der Waals surface area contributed by atoms with Crippen LogP contribution in [-0.2, 0) is 10.3 Å². The molecule has 0 unspecified atom stereocenters. The van der Waals surface area contributed by atoms with Gasteiger partial charge in [-0.1, -0.05) is 60.7 Å². The molecule has 0 saturated heterocycles. The third-order valence-electron chi connectivity index (χ3n) is 3.73. The molecule has 2 aromatic carbocycles. The Labute approximate surface area is 134 Å². The van der Waals surface area contributed by atoms with Crippen LogP contribution >= 0.6 is 11.3 Å². The van der Waals surface area contributed by atoms with E-state index in [1.165, 1.54) is 0 Å². The first-order chi connectivity index (χ1) is 10.7. The molecule has 0 aliphatic carbocycles. The minimum Gasteiger partial charge on any atom is -0.339 e. The highest BCUT2D eigenvalue weighted by Crippen LogP contribution is 2.37. The summed E-state index contributed by atoms with van der Waals surface area (Å²) in [6.07, 6.45) is 0. The molecule has 0 radical (unpaired) electrons. The first-order valence-electron chi connectivity index (χ1n) is 7.16. The molecule has 2 nitrogen and oxygen atoms in total. The largest absolute Gasteiger partial charge is 0.339 e. The zero-order valence-corrected chi connectivity index (χ0v) is 13.1. The van der Waals surface area contributed by atoms with Gasteiger partial charge >= 0.3 is 0 Å². The number of benzene rings is 2. The maximum atomic E-state index is 12.0. The molecule has 1 heterocycles. The van der Waals surface area contributed by atoms with Crippen LogP contribution in [0, 0.1) is 0 Å². The molecule has 1 N–H and O–H groups in total. The quantitative estimate of drug-likeness (QED) is 0.770. The van der Waals surface area contributed by atoms with Crippen LogP contribution in [0.1, 0.15) is 23.6 Å². The van der Waals surface area contributed by atoms with Gasteiger partial charge in [0, 0.05) is 6.92 Å². The molecule has 0 bridgehead atoms. The van der Waals surface area contributed by atoms with E-state index in [2.05, 4.69) is 41.0 Å². The summed E-state index contributed by atoms with van der Waals surface area (Å²) >= 11 is 1.63. The smallest absolute Gasteiger partial charge is 0.218 e. The molecule has 0 spiro atoms. The zero-order chi connectivity index (χ0) is 15.4. The van der Waals surface area contributed by atoms with Gasteiger partial charge in [-0.25, -0.2) is 0 Å². The molecule has 0 aliphatic rings. The fourth-order valence-corrected chi connectivity index (χ4v) is 3.54. The Balaban J connectivity index is 2.30. The van der Waals surface area contributed by atoms with Crippen molar-refractivity contribution in [2.75, 3.05) is 0 Å². The topological polar surface area (TPSA) is 29.1 Å². The fraction of sp³-hybridized carbons (Fsp3) is 0.105. The molecule has 1 aromatic heterocycles. The maximum absolute atomic E-state index is 12.0. The molecule has 0 fully saturated rings. The number of thiophene rings is 1. The first kappa shape index (κ1) is 14.5. The maximum Gasteiger partial charge on any atom is 0.218 e. The number of rotatable bonds is 4. The van der Waals surface area contributed by atoms with Crippen molar-refractivity contribution < 1.29 is 4.79 Å². The summed E-state index contributed by atoms with van der Waals surface area (Å²) in [5, 5.41) is 7.33. The summed E-state index contributed by atoms with van der Waals surface area (Å²) in [5.41, 5.74) is 2.52. The third-order valence-corrected chi connectivity index (χ3v) is 4.41. The second-order valence-electron chi connectivity index (χ2n) is 5.18. The molecule has 0 saturated carbocycles. The van der Waals surface area contributed by atoms with Gasteiger partial charge in [-0.05, 0) is 33.5 Å². The lowest BCUT2D eigenvalue weighted by Gasteiger charge is -2.35. The lowest BCUT2D eigenvalue weighted by molar-refractivity contribution is -0.120. The number of hydrogen-bond donors (Lipinski definition) is 1. The molecule has 1 amide bonds. The summed E-state index contributed by atoms with van der Waals surface area (Å²) in [4.78, 5) is 12.0. The number of nitrogens with one attached hydrogen (secondary N) is 1.